The second-order valence-electron chi connectivity index (χ2n) is 7.14. The summed E-state index contributed by atoms with van der Waals surface area (Å²) >= 11 is 0. The maximum Gasteiger partial charge on any atom is 0.0564 e. The van der Waals surface area contributed by atoms with Gasteiger partial charge < -0.3 is 10.4 Å². The zero-order valence-corrected chi connectivity index (χ0v) is 13.8. The van der Waals surface area contributed by atoms with Gasteiger partial charge in [-0.2, -0.15) is 0 Å². The van der Waals surface area contributed by atoms with Crippen molar-refractivity contribution in [2.45, 2.75) is 64.1 Å². The molecule has 2 aliphatic rings. The summed E-state index contributed by atoms with van der Waals surface area (Å²) in [5, 5.41) is 13.4. The number of anilines is 1. The van der Waals surface area contributed by atoms with Crippen LogP contribution in [-0.4, -0.2) is 35.2 Å². The molecule has 0 aromatic heterocycles. The maximum atomic E-state index is 9.65. The minimum atomic E-state index is -0.0907. The zero-order chi connectivity index (χ0) is 15.4. The molecule has 22 heavy (non-hydrogen) atoms. The molecule has 0 unspecified atom stereocenters. The van der Waals surface area contributed by atoms with Gasteiger partial charge in [0.05, 0.1) is 6.10 Å². The lowest BCUT2D eigenvalue weighted by Crippen LogP contribution is -2.35. The van der Waals surface area contributed by atoms with Crippen molar-refractivity contribution in [3.05, 3.63) is 29.8 Å². The molecule has 0 spiro atoms. The van der Waals surface area contributed by atoms with Gasteiger partial charge in [0.2, 0.25) is 0 Å². The van der Waals surface area contributed by atoms with Gasteiger partial charge in [-0.1, -0.05) is 31.0 Å². The number of aliphatic hydroxyl groups is 1. The van der Waals surface area contributed by atoms with E-state index in [2.05, 4.69) is 41.4 Å². The lowest BCUT2D eigenvalue weighted by atomic mass is 9.99. The van der Waals surface area contributed by atoms with E-state index >= 15 is 0 Å². The molecule has 2 fully saturated rings. The molecule has 1 aromatic rings. The molecule has 1 aliphatic heterocycles. The fourth-order valence-corrected chi connectivity index (χ4v) is 3.94. The van der Waals surface area contributed by atoms with Crippen molar-refractivity contribution in [1.82, 2.24) is 4.90 Å². The smallest absolute Gasteiger partial charge is 0.0564 e. The van der Waals surface area contributed by atoms with E-state index in [4.69, 9.17) is 0 Å². The highest BCUT2D eigenvalue weighted by Gasteiger charge is 2.22. The summed E-state index contributed by atoms with van der Waals surface area (Å²) in [5.41, 5.74) is 2.69. The molecule has 2 N–H and O–H groups in total. The minimum Gasteiger partial charge on any atom is -0.393 e. The number of para-hydroxylation sites is 1. The Morgan fingerprint density at radius 3 is 2.55 bits per heavy atom. The Hall–Kier alpha value is -1.06. The topological polar surface area (TPSA) is 35.5 Å². The van der Waals surface area contributed by atoms with Crippen LogP contribution in [0.15, 0.2) is 24.3 Å². The molecule has 3 heteroatoms. The van der Waals surface area contributed by atoms with E-state index in [0.717, 1.165) is 38.4 Å². The number of rotatable bonds is 5. The Morgan fingerprint density at radius 1 is 1.14 bits per heavy atom. The van der Waals surface area contributed by atoms with Crippen LogP contribution >= 0.6 is 0 Å². The Morgan fingerprint density at radius 2 is 1.82 bits per heavy atom. The average Bonchev–Trinajstić information content (AvgIpc) is 3.06. The maximum absolute atomic E-state index is 9.65. The van der Waals surface area contributed by atoms with Crippen LogP contribution in [0.1, 0.15) is 51.0 Å². The summed E-state index contributed by atoms with van der Waals surface area (Å²) in [7, 11) is 0. The number of nitrogens with one attached hydrogen (secondary N) is 1. The number of aliphatic hydroxyl groups excluding tert-OH is 1. The molecule has 1 atom stereocenters. The van der Waals surface area contributed by atoms with Crippen molar-refractivity contribution in [1.29, 1.82) is 0 Å². The molecule has 1 aliphatic carbocycles. The summed E-state index contributed by atoms with van der Waals surface area (Å²) in [6.07, 6.45) is 7.28. The van der Waals surface area contributed by atoms with Crippen molar-refractivity contribution >= 4 is 5.69 Å². The lowest BCUT2D eigenvalue weighted by molar-refractivity contribution is 0.0793. The van der Waals surface area contributed by atoms with Crippen molar-refractivity contribution in [3.63, 3.8) is 0 Å². The van der Waals surface area contributed by atoms with E-state index < -0.39 is 0 Å². The molecule has 0 bridgehead atoms. The van der Waals surface area contributed by atoms with Crippen LogP contribution in [0.5, 0.6) is 0 Å². The number of hydrogen-bond donors (Lipinski definition) is 2. The third-order valence-electron chi connectivity index (χ3n) is 5.46. The molecule has 3 rings (SSSR count). The van der Waals surface area contributed by atoms with Gasteiger partial charge in [0.15, 0.2) is 0 Å². The average molecular weight is 302 g/mol. The minimum absolute atomic E-state index is 0.0907. The number of nitrogens with zero attached hydrogens (tertiary/aromatic N) is 1. The Bertz CT molecular complexity index is 462. The molecule has 0 radical (unpaired) electrons. The van der Waals surface area contributed by atoms with E-state index in [1.165, 1.54) is 36.9 Å². The first-order valence-corrected chi connectivity index (χ1v) is 8.97. The second kappa shape index (κ2) is 7.47. The Kier molecular flexibility index (Phi) is 5.37. The number of benzene rings is 1. The summed E-state index contributed by atoms with van der Waals surface area (Å²) < 4.78 is 0. The molecular formula is C19H30N2O. The summed E-state index contributed by atoms with van der Waals surface area (Å²) in [5.74, 6) is 0.832. The van der Waals surface area contributed by atoms with Gasteiger partial charge in [-0.05, 0) is 50.2 Å². The van der Waals surface area contributed by atoms with E-state index in [0.29, 0.717) is 6.04 Å². The summed E-state index contributed by atoms with van der Waals surface area (Å²) in [4.78, 5) is 2.47. The normalized spacial score (nSPS) is 22.8. The van der Waals surface area contributed by atoms with Crippen molar-refractivity contribution in [2.24, 2.45) is 5.92 Å². The predicted molar refractivity (Wildman–Crippen MR) is 92.0 cm³/mol. The second-order valence-corrected chi connectivity index (χ2v) is 7.14. The Balaban J connectivity index is 1.62. The SMILES string of the molecule is C[C@H](Nc1ccccc1CN1CCC(O)CC1)C1CCCC1. The highest BCUT2D eigenvalue weighted by atomic mass is 16.3. The molecule has 3 nitrogen and oxygen atoms in total. The zero-order valence-electron chi connectivity index (χ0n) is 13.8. The largest absolute Gasteiger partial charge is 0.393 e. The van der Waals surface area contributed by atoms with Crippen LogP contribution in [0.2, 0.25) is 0 Å². The van der Waals surface area contributed by atoms with Crippen LogP contribution < -0.4 is 5.32 Å². The van der Waals surface area contributed by atoms with Crippen molar-refractivity contribution < 1.29 is 5.11 Å². The third-order valence-corrected chi connectivity index (χ3v) is 5.46. The lowest BCUT2D eigenvalue weighted by Gasteiger charge is -2.30. The van der Waals surface area contributed by atoms with Crippen LogP contribution in [0.25, 0.3) is 0 Å². The molecule has 1 saturated heterocycles. The molecule has 0 amide bonds. The highest BCUT2D eigenvalue weighted by Crippen LogP contribution is 2.30. The first-order chi connectivity index (χ1) is 10.7. The van der Waals surface area contributed by atoms with Crippen LogP contribution in [0.3, 0.4) is 0 Å². The van der Waals surface area contributed by atoms with E-state index in [1.54, 1.807) is 0 Å². The van der Waals surface area contributed by atoms with Crippen LogP contribution in [0.4, 0.5) is 5.69 Å². The first-order valence-electron chi connectivity index (χ1n) is 8.97. The number of hydrogen-bond acceptors (Lipinski definition) is 3. The van der Waals surface area contributed by atoms with Gasteiger partial charge in [-0.15, -0.1) is 0 Å². The van der Waals surface area contributed by atoms with Gasteiger partial charge in [0.1, 0.15) is 0 Å². The molecule has 1 aromatic carbocycles. The molecule has 122 valence electrons. The van der Waals surface area contributed by atoms with Gasteiger partial charge in [-0.3, -0.25) is 4.90 Å². The summed E-state index contributed by atoms with van der Waals surface area (Å²) in [6.45, 7) is 5.35. The first kappa shape index (κ1) is 15.8. The van der Waals surface area contributed by atoms with Gasteiger partial charge in [0, 0.05) is 31.4 Å². The van der Waals surface area contributed by atoms with E-state index in [-0.39, 0.29) is 6.10 Å². The Labute approximate surface area is 134 Å². The number of piperidine rings is 1. The fourth-order valence-electron chi connectivity index (χ4n) is 3.94. The van der Waals surface area contributed by atoms with Gasteiger partial charge in [0.25, 0.3) is 0 Å². The highest BCUT2D eigenvalue weighted by molar-refractivity contribution is 5.51. The standard InChI is InChI=1S/C19H30N2O/c1-15(16-6-2-3-7-16)20-19-9-5-4-8-17(19)14-21-12-10-18(22)11-13-21/h4-5,8-9,15-16,18,20,22H,2-3,6-7,10-14H2,1H3/t15-/m0/s1. The predicted octanol–water partition coefficient (Wildman–Crippen LogP) is 3.63. The van der Waals surface area contributed by atoms with Crippen molar-refractivity contribution in [2.75, 3.05) is 18.4 Å². The molecule has 1 saturated carbocycles. The van der Waals surface area contributed by atoms with E-state index in [9.17, 15) is 5.11 Å². The monoisotopic (exact) mass is 302 g/mol. The third kappa shape index (κ3) is 4.02. The van der Waals surface area contributed by atoms with Gasteiger partial charge in [-0.25, -0.2) is 0 Å². The van der Waals surface area contributed by atoms with Crippen LogP contribution in [-0.2, 0) is 6.54 Å². The van der Waals surface area contributed by atoms with Crippen LogP contribution in [0, 0.1) is 5.92 Å². The summed E-state index contributed by atoms with van der Waals surface area (Å²) in [6, 6.07) is 9.30. The fraction of sp³-hybridized carbons (Fsp3) is 0.684. The van der Waals surface area contributed by atoms with Gasteiger partial charge >= 0.3 is 0 Å². The quantitative estimate of drug-likeness (QED) is 0.872. The van der Waals surface area contributed by atoms with Crippen molar-refractivity contribution in [3.8, 4) is 0 Å². The number of likely N-dealkylation sites (tertiary alicyclic amines) is 1. The molecular weight excluding hydrogens is 272 g/mol. The molecule has 1 heterocycles. The van der Waals surface area contributed by atoms with E-state index in [1.807, 2.05) is 0 Å².